The zero-order chi connectivity index (χ0) is 19.7. The molecule has 0 fully saturated rings. The van der Waals surface area contributed by atoms with Gasteiger partial charge in [0.1, 0.15) is 22.2 Å². The Labute approximate surface area is 175 Å². The lowest BCUT2D eigenvalue weighted by atomic mass is 10.2. The van der Waals surface area contributed by atoms with E-state index in [2.05, 4.69) is 27.9 Å². The Hall–Kier alpha value is -2.26. The second-order valence-electron chi connectivity index (χ2n) is 5.76. The van der Waals surface area contributed by atoms with Crippen LogP contribution in [-0.2, 0) is 9.59 Å². The van der Waals surface area contributed by atoms with Crippen LogP contribution in [0.3, 0.4) is 0 Å². The van der Waals surface area contributed by atoms with Gasteiger partial charge in [0.25, 0.3) is 11.8 Å². The molecule has 1 aliphatic heterocycles. The molecule has 2 aromatic carbocycles. The van der Waals surface area contributed by atoms with E-state index in [0.717, 1.165) is 14.0 Å². The van der Waals surface area contributed by atoms with E-state index in [4.69, 9.17) is 21.1 Å². The summed E-state index contributed by atoms with van der Waals surface area (Å²) in [6.07, 6.45) is 0. The number of methoxy groups -OCH3 is 2. The molecule has 140 valence electrons. The van der Waals surface area contributed by atoms with Crippen LogP contribution in [-0.4, -0.2) is 26.0 Å². The molecule has 1 N–H and O–H groups in total. The first-order chi connectivity index (χ1) is 12.9. The topological polar surface area (TPSA) is 67.9 Å². The number of hydrogen-bond donors (Lipinski definition) is 1. The molecule has 0 unspecified atom stereocenters. The minimum absolute atomic E-state index is 0.0313. The van der Waals surface area contributed by atoms with Crippen molar-refractivity contribution >= 4 is 57.4 Å². The Balaban J connectivity index is 1.97. The van der Waals surface area contributed by atoms with E-state index in [1.807, 2.05) is 25.1 Å². The van der Waals surface area contributed by atoms with Gasteiger partial charge in [-0.2, -0.15) is 0 Å². The van der Waals surface area contributed by atoms with E-state index in [1.54, 1.807) is 18.2 Å². The van der Waals surface area contributed by atoms with E-state index >= 15 is 0 Å². The van der Waals surface area contributed by atoms with Crippen LogP contribution in [0.5, 0.6) is 11.5 Å². The van der Waals surface area contributed by atoms with Crippen LogP contribution in [0, 0.1) is 10.5 Å². The van der Waals surface area contributed by atoms with Crippen molar-refractivity contribution in [2.24, 2.45) is 0 Å². The molecular formula is C19H16ClIN2O4. The number of carbonyl (C=O) groups excluding carboxylic acids is 2. The van der Waals surface area contributed by atoms with Gasteiger partial charge in [-0.25, -0.2) is 4.90 Å². The van der Waals surface area contributed by atoms with Gasteiger partial charge in [0.2, 0.25) is 0 Å². The zero-order valence-corrected chi connectivity index (χ0v) is 17.7. The molecule has 2 amide bonds. The molecule has 0 atom stereocenters. The molecule has 0 saturated carbocycles. The van der Waals surface area contributed by atoms with Gasteiger partial charge in [0.15, 0.2) is 0 Å². The molecule has 1 heterocycles. The lowest BCUT2D eigenvalue weighted by Gasteiger charge is -2.19. The van der Waals surface area contributed by atoms with Gasteiger partial charge in [0, 0.05) is 15.3 Å². The molecule has 3 rings (SSSR count). The number of amides is 2. The Morgan fingerprint density at radius 2 is 1.78 bits per heavy atom. The smallest absolute Gasteiger partial charge is 0.283 e. The molecule has 2 aromatic rings. The average Bonchev–Trinajstić information content (AvgIpc) is 2.86. The highest BCUT2D eigenvalue weighted by atomic mass is 127. The second-order valence-corrected chi connectivity index (χ2v) is 7.38. The summed E-state index contributed by atoms with van der Waals surface area (Å²) in [7, 11) is 2.97. The van der Waals surface area contributed by atoms with Crippen LogP contribution in [0.4, 0.5) is 11.4 Å². The third-order valence-electron chi connectivity index (χ3n) is 4.10. The van der Waals surface area contributed by atoms with Crippen LogP contribution in [0.2, 0.25) is 0 Å². The SMILES string of the molecule is COc1ccc(N2C(=O)C(Cl)=C(Nc3ccc(I)cc3C)C2=O)c(OC)c1. The second kappa shape index (κ2) is 7.77. The summed E-state index contributed by atoms with van der Waals surface area (Å²) in [5, 5.41) is 2.82. The molecule has 0 aromatic heterocycles. The van der Waals surface area contributed by atoms with Crippen LogP contribution in [0.15, 0.2) is 47.1 Å². The molecular weight excluding hydrogens is 483 g/mol. The summed E-state index contributed by atoms with van der Waals surface area (Å²) < 4.78 is 11.5. The maximum atomic E-state index is 12.9. The van der Waals surface area contributed by atoms with Gasteiger partial charge in [-0.15, -0.1) is 0 Å². The Morgan fingerprint density at radius 3 is 2.41 bits per heavy atom. The number of ether oxygens (including phenoxy) is 2. The van der Waals surface area contributed by atoms with E-state index in [1.165, 1.54) is 14.2 Å². The molecule has 6 nitrogen and oxygen atoms in total. The maximum Gasteiger partial charge on any atom is 0.283 e. The quantitative estimate of drug-likeness (QED) is 0.498. The van der Waals surface area contributed by atoms with Gasteiger partial charge in [-0.05, 0) is 65.4 Å². The third-order valence-corrected chi connectivity index (χ3v) is 5.12. The lowest BCUT2D eigenvalue weighted by Crippen LogP contribution is -2.32. The predicted molar refractivity (Wildman–Crippen MR) is 112 cm³/mol. The highest BCUT2D eigenvalue weighted by molar-refractivity contribution is 14.1. The van der Waals surface area contributed by atoms with Crippen molar-refractivity contribution in [1.82, 2.24) is 0 Å². The van der Waals surface area contributed by atoms with E-state index in [-0.39, 0.29) is 10.7 Å². The Kier molecular flexibility index (Phi) is 5.61. The van der Waals surface area contributed by atoms with Crippen molar-refractivity contribution in [3.05, 3.63) is 56.3 Å². The third kappa shape index (κ3) is 3.61. The predicted octanol–water partition coefficient (Wildman–Crippen LogP) is 4.05. The molecule has 27 heavy (non-hydrogen) atoms. The number of nitrogens with zero attached hydrogens (tertiary/aromatic N) is 1. The first kappa shape index (κ1) is 19.5. The van der Waals surface area contributed by atoms with E-state index < -0.39 is 11.8 Å². The van der Waals surface area contributed by atoms with Gasteiger partial charge in [-0.3, -0.25) is 9.59 Å². The normalized spacial score (nSPS) is 14.0. The number of hydrogen-bond acceptors (Lipinski definition) is 5. The first-order valence-electron chi connectivity index (χ1n) is 7.91. The van der Waals surface area contributed by atoms with Crippen molar-refractivity contribution in [2.75, 3.05) is 24.4 Å². The number of rotatable bonds is 5. The number of halogens is 2. The summed E-state index contributed by atoms with van der Waals surface area (Å²) in [4.78, 5) is 26.6. The summed E-state index contributed by atoms with van der Waals surface area (Å²) in [6, 6.07) is 10.5. The van der Waals surface area contributed by atoms with Crippen molar-refractivity contribution < 1.29 is 19.1 Å². The minimum atomic E-state index is -0.615. The molecule has 0 radical (unpaired) electrons. The highest BCUT2D eigenvalue weighted by Crippen LogP contribution is 2.37. The molecule has 8 heteroatoms. The van der Waals surface area contributed by atoms with Gasteiger partial charge in [0.05, 0.1) is 19.9 Å². The largest absolute Gasteiger partial charge is 0.497 e. The summed E-state index contributed by atoms with van der Waals surface area (Å²) in [5.74, 6) is -0.295. The van der Waals surface area contributed by atoms with Crippen LogP contribution in [0.1, 0.15) is 5.56 Å². The lowest BCUT2D eigenvalue weighted by molar-refractivity contribution is -0.120. The fraction of sp³-hybridized carbons (Fsp3) is 0.158. The van der Waals surface area contributed by atoms with Crippen LogP contribution < -0.4 is 19.7 Å². The van der Waals surface area contributed by atoms with E-state index in [0.29, 0.717) is 22.9 Å². The number of benzene rings is 2. The van der Waals surface area contributed by atoms with Gasteiger partial charge >= 0.3 is 0 Å². The van der Waals surface area contributed by atoms with Crippen molar-refractivity contribution in [3.63, 3.8) is 0 Å². The number of carbonyl (C=O) groups is 2. The molecule has 0 spiro atoms. The monoisotopic (exact) mass is 498 g/mol. The van der Waals surface area contributed by atoms with Crippen LogP contribution >= 0.6 is 34.2 Å². The zero-order valence-electron chi connectivity index (χ0n) is 14.8. The van der Waals surface area contributed by atoms with Crippen LogP contribution in [0.25, 0.3) is 0 Å². The average molecular weight is 499 g/mol. The molecule has 0 saturated heterocycles. The molecule has 0 bridgehead atoms. The number of imide groups is 1. The summed E-state index contributed by atoms with van der Waals surface area (Å²) in [5.41, 5.74) is 1.96. The standard InChI is InChI=1S/C19H16ClIN2O4/c1-10-8-11(21)4-6-13(10)22-17-16(20)18(24)23(19(17)25)14-7-5-12(26-2)9-15(14)27-3/h4-9,22H,1-3H3. The van der Waals surface area contributed by atoms with Gasteiger partial charge in [-0.1, -0.05) is 11.6 Å². The van der Waals surface area contributed by atoms with Crippen molar-refractivity contribution in [2.45, 2.75) is 6.92 Å². The number of nitrogens with one attached hydrogen (secondary N) is 1. The minimum Gasteiger partial charge on any atom is -0.497 e. The fourth-order valence-electron chi connectivity index (χ4n) is 2.70. The number of aryl methyl sites for hydroxylation is 1. The fourth-order valence-corrected chi connectivity index (χ4v) is 3.56. The summed E-state index contributed by atoms with van der Waals surface area (Å²) in [6.45, 7) is 1.91. The maximum absolute atomic E-state index is 12.9. The highest BCUT2D eigenvalue weighted by Gasteiger charge is 2.40. The van der Waals surface area contributed by atoms with Crippen molar-refractivity contribution in [1.29, 1.82) is 0 Å². The van der Waals surface area contributed by atoms with Gasteiger partial charge < -0.3 is 14.8 Å². The summed E-state index contributed by atoms with van der Waals surface area (Å²) >= 11 is 8.40. The molecule has 0 aliphatic carbocycles. The molecule has 1 aliphatic rings. The Morgan fingerprint density at radius 1 is 1.04 bits per heavy atom. The van der Waals surface area contributed by atoms with Crippen molar-refractivity contribution in [3.8, 4) is 11.5 Å². The first-order valence-corrected chi connectivity index (χ1v) is 9.36. The van der Waals surface area contributed by atoms with E-state index in [9.17, 15) is 9.59 Å². The Bertz CT molecular complexity index is 974. The number of anilines is 2.